The zero-order valence-electron chi connectivity index (χ0n) is 13.4. The maximum atomic E-state index is 11.8. The highest BCUT2D eigenvalue weighted by Crippen LogP contribution is 2.18. The lowest BCUT2D eigenvalue weighted by molar-refractivity contribution is -0.120. The summed E-state index contributed by atoms with van der Waals surface area (Å²) in [6.45, 7) is 5.21. The van der Waals surface area contributed by atoms with Crippen LogP contribution in [-0.2, 0) is 11.2 Å². The Morgan fingerprint density at radius 2 is 1.96 bits per heavy atom. The fourth-order valence-corrected chi connectivity index (χ4v) is 2.18. The Hall–Kier alpha value is -2.07. The van der Waals surface area contributed by atoms with Crippen molar-refractivity contribution >= 4 is 17.5 Å². The molecule has 1 aromatic heterocycles. The number of ether oxygens (including phenoxy) is 1. The van der Waals surface area contributed by atoms with E-state index in [-0.39, 0.29) is 12.3 Å². The van der Waals surface area contributed by atoms with Crippen LogP contribution in [0.5, 0.6) is 5.75 Å². The van der Waals surface area contributed by atoms with Crippen molar-refractivity contribution < 1.29 is 9.53 Å². The molecule has 1 amide bonds. The number of hydrogen-bond donors (Lipinski definition) is 1. The monoisotopic (exact) mass is 332 g/mol. The lowest BCUT2D eigenvalue weighted by atomic mass is 10.0. The van der Waals surface area contributed by atoms with Crippen LogP contribution in [0, 0.1) is 0 Å². The molecule has 0 aliphatic carbocycles. The molecule has 1 heterocycles. The Morgan fingerprint density at radius 3 is 2.57 bits per heavy atom. The van der Waals surface area contributed by atoms with Crippen LogP contribution in [0.2, 0.25) is 5.15 Å². The summed E-state index contributed by atoms with van der Waals surface area (Å²) in [6.07, 6.45) is 1.89. The third-order valence-corrected chi connectivity index (χ3v) is 3.62. The first kappa shape index (κ1) is 17.3. The molecule has 23 heavy (non-hydrogen) atoms. The van der Waals surface area contributed by atoms with Gasteiger partial charge >= 0.3 is 0 Å². The van der Waals surface area contributed by atoms with Gasteiger partial charge in [0.05, 0.1) is 13.0 Å². The van der Waals surface area contributed by atoms with Crippen LogP contribution < -0.4 is 10.1 Å². The zero-order chi connectivity index (χ0) is 16.7. The van der Waals surface area contributed by atoms with Crippen molar-refractivity contribution in [2.24, 2.45) is 0 Å². The molecule has 0 unspecified atom stereocenters. The van der Waals surface area contributed by atoms with E-state index >= 15 is 0 Å². The van der Waals surface area contributed by atoms with Crippen molar-refractivity contribution in [2.45, 2.75) is 26.2 Å². The van der Waals surface area contributed by atoms with Crippen molar-refractivity contribution in [1.29, 1.82) is 0 Å². The minimum atomic E-state index is -0.0621. The number of rotatable bonds is 7. The zero-order valence-corrected chi connectivity index (χ0v) is 14.1. The topological polar surface area (TPSA) is 51.2 Å². The Kier molecular flexibility index (Phi) is 6.41. The van der Waals surface area contributed by atoms with E-state index < -0.39 is 0 Å². The highest BCUT2D eigenvalue weighted by Gasteiger charge is 2.04. The highest BCUT2D eigenvalue weighted by molar-refractivity contribution is 6.29. The van der Waals surface area contributed by atoms with Crippen LogP contribution in [0.25, 0.3) is 0 Å². The van der Waals surface area contributed by atoms with E-state index in [1.807, 2.05) is 12.1 Å². The van der Waals surface area contributed by atoms with Crippen LogP contribution >= 0.6 is 11.6 Å². The molecule has 4 nitrogen and oxygen atoms in total. The van der Waals surface area contributed by atoms with Crippen molar-refractivity contribution in [3.05, 3.63) is 58.9 Å². The number of pyridine rings is 1. The molecule has 0 aliphatic rings. The predicted octanol–water partition coefficient (Wildman–Crippen LogP) is 3.60. The molecule has 0 saturated carbocycles. The lowest BCUT2D eigenvalue weighted by Gasteiger charge is -2.09. The fraction of sp³-hybridized carbons (Fsp3) is 0.333. The number of nitrogens with zero attached hydrogens (tertiary/aromatic N) is 1. The highest BCUT2D eigenvalue weighted by atomic mass is 35.5. The Bertz CT molecular complexity index is 624. The second-order valence-electron chi connectivity index (χ2n) is 5.59. The van der Waals surface area contributed by atoms with Gasteiger partial charge in [0.25, 0.3) is 0 Å². The van der Waals surface area contributed by atoms with Crippen LogP contribution in [0.4, 0.5) is 0 Å². The largest absolute Gasteiger partial charge is 0.492 e. The molecular formula is C18H21ClN2O2. The number of carbonyl (C=O) groups excluding carboxylic acids is 1. The summed E-state index contributed by atoms with van der Waals surface area (Å²) in [5.41, 5.74) is 2.11. The molecule has 5 heteroatoms. The van der Waals surface area contributed by atoms with Gasteiger partial charge in [0.2, 0.25) is 5.91 Å². The van der Waals surface area contributed by atoms with Gasteiger partial charge in [-0.3, -0.25) is 4.79 Å². The number of carbonyl (C=O) groups is 1. The van der Waals surface area contributed by atoms with E-state index in [4.69, 9.17) is 16.3 Å². The average molecular weight is 333 g/mol. The maximum absolute atomic E-state index is 11.8. The van der Waals surface area contributed by atoms with Gasteiger partial charge in [-0.05, 0) is 35.2 Å². The van der Waals surface area contributed by atoms with Crippen molar-refractivity contribution in [2.75, 3.05) is 13.2 Å². The number of hydrogen-bond acceptors (Lipinski definition) is 3. The van der Waals surface area contributed by atoms with E-state index in [9.17, 15) is 4.79 Å². The van der Waals surface area contributed by atoms with Crippen LogP contribution in [-0.4, -0.2) is 24.0 Å². The normalized spacial score (nSPS) is 10.6. The first-order valence-corrected chi connectivity index (χ1v) is 8.02. The van der Waals surface area contributed by atoms with Gasteiger partial charge in [0.1, 0.15) is 17.5 Å². The number of aromatic nitrogens is 1. The van der Waals surface area contributed by atoms with E-state index in [2.05, 4.69) is 36.3 Å². The first-order chi connectivity index (χ1) is 11.0. The molecule has 122 valence electrons. The molecule has 0 bridgehead atoms. The summed E-state index contributed by atoms with van der Waals surface area (Å²) in [5.74, 6) is 1.25. The van der Waals surface area contributed by atoms with Gasteiger partial charge in [-0.15, -0.1) is 0 Å². The average Bonchev–Trinajstić information content (AvgIpc) is 2.54. The first-order valence-electron chi connectivity index (χ1n) is 7.64. The third kappa shape index (κ3) is 5.91. The number of nitrogens with one attached hydrogen (secondary N) is 1. The summed E-state index contributed by atoms with van der Waals surface area (Å²) < 4.78 is 5.61. The van der Waals surface area contributed by atoms with E-state index in [1.165, 1.54) is 5.56 Å². The van der Waals surface area contributed by atoms with Crippen molar-refractivity contribution in [3.63, 3.8) is 0 Å². The molecule has 0 saturated heterocycles. The second kappa shape index (κ2) is 8.53. The van der Waals surface area contributed by atoms with Crippen molar-refractivity contribution in [3.8, 4) is 5.75 Å². The Labute approximate surface area is 141 Å². The van der Waals surface area contributed by atoms with E-state index in [1.54, 1.807) is 18.3 Å². The quantitative estimate of drug-likeness (QED) is 0.622. The number of amides is 1. The second-order valence-corrected chi connectivity index (χ2v) is 5.98. The molecule has 0 radical (unpaired) electrons. The molecule has 0 atom stereocenters. The van der Waals surface area contributed by atoms with E-state index in [0.717, 1.165) is 11.3 Å². The third-order valence-electron chi connectivity index (χ3n) is 3.39. The summed E-state index contributed by atoms with van der Waals surface area (Å²) in [7, 11) is 0. The molecule has 1 N–H and O–H groups in total. The molecule has 0 aliphatic heterocycles. The molecule has 2 rings (SSSR count). The minimum Gasteiger partial charge on any atom is -0.492 e. The molecule has 1 aromatic carbocycles. The molecule has 0 spiro atoms. The fourth-order valence-electron chi connectivity index (χ4n) is 2.07. The maximum Gasteiger partial charge on any atom is 0.224 e. The van der Waals surface area contributed by atoms with Crippen LogP contribution in [0.1, 0.15) is 30.9 Å². The Balaban J connectivity index is 1.68. The number of halogens is 1. The summed E-state index contributed by atoms with van der Waals surface area (Å²) in [4.78, 5) is 15.7. The summed E-state index contributed by atoms with van der Waals surface area (Å²) >= 11 is 5.71. The van der Waals surface area contributed by atoms with Crippen LogP contribution in [0.3, 0.4) is 0 Å². The van der Waals surface area contributed by atoms with Gasteiger partial charge in [-0.2, -0.15) is 0 Å². The lowest BCUT2D eigenvalue weighted by Crippen LogP contribution is -2.29. The number of benzene rings is 1. The van der Waals surface area contributed by atoms with Gasteiger partial charge in [0.15, 0.2) is 0 Å². The van der Waals surface area contributed by atoms with Crippen LogP contribution in [0.15, 0.2) is 42.6 Å². The SMILES string of the molecule is CC(C)c1ccc(OCCNC(=O)Cc2ccc(Cl)nc2)cc1. The van der Waals surface area contributed by atoms with E-state index in [0.29, 0.717) is 24.2 Å². The van der Waals surface area contributed by atoms with Crippen molar-refractivity contribution in [1.82, 2.24) is 10.3 Å². The van der Waals surface area contributed by atoms with Gasteiger partial charge in [0, 0.05) is 6.20 Å². The standard InChI is InChI=1S/C18H21ClN2O2/c1-13(2)15-4-6-16(7-5-15)23-10-9-20-18(22)11-14-3-8-17(19)21-12-14/h3-8,12-13H,9-11H2,1-2H3,(H,20,22). The van der Waals surface area contributed by atoms with Gasteiger partial charge < -0.3 is 10.1 Å². The predicted molar refractivity (Wildman–Crippen MR) is 92.0 cm³/mol. The smallest absolute Gasteiger partial charge is 0.224 e. The molecule has 2 aromatic rings. The molecular weight excluding hydrogens is 312 g/mol. The minimum absolute atomic E-state index is 0.0621. The summed E-state index contributed by atoms with van der Waals surface area (Å²) in [6, 6.07) is 11.5. The molecule has 0 fully saturated rings. The Morgan fingerprint density at radius 1 is 1.22 bits per heavy atom. The van der Waals surface area contributed by atoms with Gasteiger partial charge in [-0.25, -0.2) is 4.98 Å². The van der Waals surface area contributed by atoms with Gasteiger partial charge in [-0.1, -0.05) is 43.6 Å². The summed E-state index contributed by atoms with van der Waals surface area (Å²) in [5, 5.41) is 3.24.